The van der Waals surface area contributed by atoms with Gasteiger partial charge in [0.15, 0.2) is 5.78 Å². The number of benzene rings is 3. The highest BCUT2D eigenvalue weighted by Crippen LogP contribution is 2.19. The number of hydrogen-bond acceptors (Lipinski definition) is 6. The number of esters is 1. The van der Waals surface area contributed by atoms with E-state index in [9.17, 15) is 9.59 Å². The molecule has 0 radical (unpaired) electrons. The largest absolute Gasteiger partial charge is 0.489 e. The Kier molecular flexibility index (Phi) is 7.73. The van der Waals surface area contributed by atoms with Crippen molar-refractivity contribution in [2.45, 2.75) is 6.61 Å². The lowest BCUT2D eigenvalue weighted by atomic mass is 10.1. The van der Waals surface area contributed by atoms with Crippen molar-refractivity contribution in [3.63, 3.8) is 0 Å². The Balaban J connectivity index is 1.29. The molecule has 1 aliphatic rings. The summed E-state index contributed by atoms with van der Waals surface area (Å²) in [6.45, 7) is 3.59. The Morgan fingerprint density at radius 1 is 0.882 bits per heavy atom. The fourth-order valence-corrected chi connectivity index (χ4v) is 3.62. The summed E-state index contributed by atoms with van der Waals surface area (Å²) in [5.41, 5.74) is 4.13. The molecule has 0 unspecified atom stereocenters. The monoisotopic (exact) mass is 457 g/mol. The average molecular weight is 458 g/mol. The molecule has 0 bridgehead atoms. The quantitative estimate of drug-likeness (QED) is 0.275. The van der Waals surface area contributed by atoms with Crippen molar-refractivity contribution in [1.82, 2.24) is 0 Å². The number of methoxy groups -OCH3 is 1. The minimum absolute atomic E-state index is 0.0377. The summed E-state index contributed by atoms with van der Waals surface area (Å²) >= 11 is 0. The Morgan fingerprint density at radius 3 is 2.18 bits per heavy atom. The molecule has 0 amide bonds. The Labute approximate surface area is 199 Å². The van der Waals surface area contributed by atoms with Crippen molar-refractivity contribution in [1.29, 1.82) is 0 Å². The van der Waals surface area contributed by atoms with Crippen molar-refractivity contribution in [3.05, 3.63) is 101 Å². The molecule has 0 saturated carbocycles. The Bertz CT molecular complexity index is 1130. The maximum absolute atomic E-state index is 12.5. The summed E-state index contributed by atoms with van der Waals surface area (Å²) in [6.07, 6.45) is 3.38. The molecule has 3 aromatic rings. The number of nitrogens with zero attached hydrogens (tertiary/aromatic N) is 1. The molecular weight excluding hydrogens is 430 g/mol. The second kappa shape index (κ2) is 11.3. The van der Waals surface area contributed by atoms with Gasteiger partial charge in [0, 0.05) is 24.3 Å². The second-order valence-corrected chi connectivity index (χ2v) is 7.89. The van der Waals surface area contributed by atoms with Crippen LogP contribution in [0.25, 0.3) is 6.08 Å². The first-order valence-electron chi connectivity index (χ1n) is 11.2. The van der Waals surface area contributed by atoms with E-state index in [1.165, 1.54) is 7.11 Å². The van der Waals surface area contributed by atoms with Crippen LogP contribution in [0.15, 0.2) is 78.9 Å². The SMILES string of the molecule is COC(=O)c1ccc(COc2ccc(C=CC(=O)c3ccc(N4CCOCC4)cc3)cc2)cc1. The van der Waals surface area contributed by atoms with E-state index in [2.05, 4.69) is 4.90 Å². The van der Waals surface area contributed by atoms with Gasteiger partial charge < -0.3 is 19.1 Å². The van der Waals surface area contributed by atoms with Gasteiger partial charge in [-0.1, -0.05) is 30.3 Å². The van der Waals surface area contributed by atoms with Crippen LogP contribution in [0.5, 0.6) is 5.75 Å². The lowest BCUT2D eigenvalue weighted by Gasteiger charge is -2.28. The van der Waals surface area contributed by atoms with Crippen LogP contribution in [-0.2, 0) is 16.1 Å². The number of carbonyl (C=O) groups is 2. The summed E-state index contributed by atoms with van der Waals surface area (Å²) in [5.74, 6) is 0.322. The molecule has 1 saturated heterocycles. The summed E-state index contributed by atoms with van der Waals surface area (Å²) in [4.78, 5) is 26.3. The third kappa shape index (κ3) is 6.11. The molecule has 6 heteroatoms. The van der Waals surface area contributed by atoms with Crippen LogP contribution in [0.4, 0.5) is 5.69 Å². The van der Waals surface area contributed by atoms with Gasteiger partial charge in [-0.05, 0) is 65.7 Å². The van der Waals surface area contributed by atoms with Gasteiger partial charge in [0.2, 0.25) is 0 Å². The molecule has 174 valence electrons. The summed E-state index contributed by atoms with van der Waals surface area (Å²) in [6, 6.07) is 22.3. The van der Waals surface area contributed by atoms with E-state index in [1.807, 2.05) is 60.7 Å². The number of hydrogen-bond donors (Lipinski definition) is 0. The zero-order valence-corrected chi connectivity index (χ0v) is 19.1. The lowest BCUT2D eigenvalue weighted by molar-refractivity contribution is 0.0600. The molecule has 34 heavy (non-hydrogen) atoms. The number of morpholine rings is 1. The maximum Gasteiger partial charge on any atom is 0.337 e. The fraction of sp³-hybridized carbons (Fsp3) is 0.214. The number of ether oxygens (including phenoxy) is 3. The van der Waals surface area contributed by atoms with Crippen LogP contribution in [0, 0.1) is 0 Å². The average Bonchev–Trinajstić information content (AvgIpc) is 2.91. The first kappa shape index (κ1) is 23.3. The molecule has 6 nitrogen and oxygen atoms in total. The van der Waals surface area contributed by atoms with Gasteiger partial charge in [-0.2, -0.15) is 0 Å². The predicted molar refractivity (Wildman–Crippen MR) is 131 cm³/mol. The molecule has 1 heterocycles. The van der Waals surface area contributed by atoms with Gasteiger partial charge in [-0.15, -0.1) is 0 Å². The van der Waals surface area contributed by atoms with Crippen LogP contribution in [0.3, 0.4) is 0 Å². The van der Waals surface area contributed by atoms with Gasteiger partial charge >= 0.3 is 5.97 Å². The van der Waals surface area contributed by atoms with E-state index in [-0.39, 0.29) is 11.8 Å². The van der Waals surface area contributed by atoms with Crippen LogP contribution in [0.2, 0.25) is 0 Å². The summed E-state index contributed by atoms with van der Waals surface area (Å²) in [7, 11) is 1.36. The highest BCUT2D eigenvalue weighted by molar-refractivity contribution is 6.07. The lowest BCUT2D eigenvalue weighted by Crippen LogP contribution is -2.36. The normalized spacial score (nSPS) is 13.6. The highest BCUT2D eigenvalue weighted by atomic mass is 16.5. The van der Waals surface area contributed by atoms with E-state index in [4.69, 9.17) is 14.2 Å². The first-order valence-corrected chi connectivity index (χ1v) is 11.2. The molecule has 4 rings (SSSR count). The third-order valence-electron chi connectivity index (χ3n) is 5.62. The highest BCUT2D eigenvalue weighted by Gasteiger charge is 2.11. The van der Waals surface area contributed by atoms with Gasteiger partial charge in [-0.3, -0.25) is 4.79 Å². The molecule has 0 atom stereocenters. The summed E-state index contributed by atoms with van der Waals surface area (Å²) < 4.78 is 15.9. The van der Waals surface area contributed by atoms with E-state index in [0.717, 1.165) is 48.9 Å². The molecular formula is C28H27NO5. The van der Waals surface area contributed by atoms with E-state index in [1.54, 1.807) is 24.3 Å². The van der Waals surface area contributed by atoms with Crippen molar-refractivity contribution in [2.24, 2.45) is 0 Å². The number of carbonyl (C=O) groups excluding carboxylic acids is 2. The van der Waals surface area contributed by atoms with Crippen molar-refractivity contribution >= 4 is 23.5 Å². The molecule has 0 aliphatic carbocycles. The van der Waals surface area contributed by atoms with E-state index >= 15 is 0 Å². The number of rotatable bonds is 8. The molecule has 3 aromatic carbocycles. The number of ketones is 1. The van der Waals surface area contributed by atoms with Crippen LogP contribution < -0.4 is 9.64 Å². The molecule has 0 spiro atoms. The smallest absolute Gasteiger partial charge is 0.337 e. The minimum Gasteiger partial charge on any atom is -0.489 e. The van der Waals surface area contributed by atoms with Crippen LogP contribution in [-0.4, -0.2) is 45.2 Å². The van der Waals surface area contributed by atoms with Crippen molar-refractivity contribution < 1.29 is 23.8 Å². The minimum atomic E-state index is -0.361. The van der Waals surface area contributed by atoms with Gasteiger partial charge in [0.05, 0.1) is 25.9 Å². The molecule has 1 aliphatic heterocycles. The van der Waals surface area contributed by atoms with Crippen LogP contribution in [0.1, 0.15) is 31.8 Å². The Morgan fingerprint density at radius 2 is 1.53 bits per heavy atom. The molecule has 0 N–H and O–H groups in total. The van der Waals surface area contributed by atoms with E-state index in [0.29, 0.717) is 17.7 Å². The van der Waals surface area contributed by atoms with Gasteiger partial charge in [0.25, 0.3) is 0 Å². The molecule has 1 fully saturated rings. The van der Waals surface area contributed by atoms with Gasteiger partial charge in [0.1, 0.15) is 12.4 Å². The van der Waals surface area contributed by atoms with Crippen molar-refractivity contribution in [2.75, 3.05) is 38.3 Å². The third-order valence-corrected chi connectivity index (χ3v) is 5.62. The second-order valence-electron chi connectivity index (χ2n) is 7.89. The fourth-order valence-electron chi connectivity index (χ4n) is 3.62. The maximum atomic E-state index is 12.5. The van der Waals surface area contributed by atoms with Crippen LogP contribution >= 0.6 is 0 Å². The predicted octanol–water partition coefficient (Wildman–Crippen LogP) is 4.78. The summed E-state index contributed by atoms with van der Waals surface area (Å²) in [5, 5.41) is 0. The van der Waals surface area contributed by atoms with Gasteiger partial charge in [-0.25, -0.2) is 4.79 Å². The van der Waals surface area contributed by atoms with E-state index < -0.39 is 0 Å². The first-order chi connectivity index (χ1) is 16.6. The number of allylic oxidation sites excluding steroid dienone is 1. The zero-order chi connectivity index (χ0) is 23.8. The topological polar surface area (TPSA) is 65.1 Å². The molecule has 0 aromatic heterocycles. The number of anilines is 1. The standard InChI is InChI=1S/C28H27NO5/c1-32-28(31)24-7-2-22(3-8-24)20-34-26-13-4-21(5-14-26)6-15-27(30)23-9-11-25(12-10-23)29-16-18-33-19-17-29/h2-15H,16-20H2,1H3. The zero-order valence-electron chi connectivity index (χ0n) is 19.1. The van der Waals surface area contributed by atoms with Crippen molar-refractivity contribution in [3.8, 4) is 5.75 Å². The Hall–Kier alpha value is -3.90.